The van der Waals surface area contributed by atoms with Gasteiger partial charge in [-0.1, -0.05) is 0 Å². The Hall–Kier alpha value is -2.11. The molecule has 0 atom stereocenters. The fourth-order valence-electron chi connectivity index (χ4n) is 1.04. The van der Waals surface area contributed by atoms with Gasteiger partial charge in [0.25, 0.3) is 0 Å². The van der Waals surface area contributed by atoms with Gasteiger partial charge >= 0.3 is 0 Å². The first-order chi connectivity index (χ1) is 6.75. The molecule has 6 nitrogen and oxygen atoms in total. The van der Waals surface area contributed by atoms with E-state index in [1.54, 1.807) is 19.2 Å². The molecule has 0 saturated carbocycles. The zero-order valence-electron chi connectivity index (χ0n) is 7.55. The minimum absolute atomic E-state index is 0.200. The van der Waals surface area contributed by atoms with Crippen molar-refractivity contribution in [1.82, 2.24) is 24.9 Å². The third-order valence-corrected chi connectivity index (χ3v) is 1.58. The van der Waals surface area contributed by atoms with Crippen LogP contribution in [0.3, 0.4) is 0 Å². The first-order valence-electron chi connectivity index (χ1n) is 4.00. The zero-order valence-corrected chi connectivity index (χ0v) is 7.55. The Kier molecular flexibility index (Phi) is 2.02. The molecule has 0 amide bonds. The minimum Gasteiger partial charge on any atom is -0.368 e. The summed E-state index contributed by atoms with van der Waals surface area (Å²) in [5.41, 5.74) is 6.13. The topological polar surface area (TPSA) is 90.5 Å². The third-order valence-electron chi connectivity index (χ3n) is 1.58. The van der Waals surface area contributed by atoms with Crippen LogP contribution < -0.4 is 5.73 Å². The molecule has 0 aliphatic carbocycles. The van der Waals surface area contributed by atoms with Crippen molar-refractivity contribution in [3.05, 3.63) is 24.4 Å². The molecule has 0 fully saturated rings. The SMILES string of the molecule is Cc1nc(N)nc(-c2ccncn2)n1. The Balaban J connectivity index is 2.52. The van der Waals surface area contributed by atoms with Crippen LogP contribution in [0, 0.1) is 6.92 Å². The normalized spacial score (nSPS) is 10.1. The van der Waals surface area contributed by atoms with Gasteiger partial charge in [0.2, 0.25) is 5.95 Å². The van der Waals surface area contributed by atoms with Gasteiger partial charge in [-0.25, -0.2) is 15.0 Å². The van der Waals surface area contributed by atoms with Gasteiger partial charge in [0.1, 0.15) is 17.8 Å². The first kappa shape index (κ1) is 8.49. The van der Waals surface area contributed by atoms with Crippen LogP contribution in [-0.4, -0.2) is 24.9 Å². The number of anilines is 1. The van der Waals surface area contributed by atoms with E-state index in [-0.39, 0.29) is 5.95 Å². The summed E-state index contributed by atoms with van der Waals surface area (Å²) in [5.74, 6) is 1.25. The van der Waals surface area contributed by atoms with E-state index in [1.165, 1.54) is 6.33 Å². The van der Waals surface area contributed by atoms with E-state index in [0.29, 0.717) is 17.3 Å². The molecular formula is C8H8N6. The molecular weight excluding hydrogens is 180 g/mol. The summed E-state index contributed by atoms with van der Waals surface area (Å²) in [6, 6.07) is 1.72. The van der Waals surface area contributed by atoms with Crippen LogP contribution >= 0.6 is 0 Å². The molecule has 2 aromatic heterocycles. The maximum atomic E-state index is 5.49. The summed E-state index contributed by atoms with van der Waals surface area (Å²) in [6.07, 6.45) is 3.06. The Bertz CT molecular complexity index is 421. The van der Waals surface area contributed by atoms with Gasteiger partial charge in [-0.2, -0.15) is 9.97 Å². The van der Waals surface area contributed by atoms with Crippen molar-refractivity contribution in [2.75, 3.05) is 5.73 Å². The molecule has 0 aromatic carbocycles. The molecule has 0 saturated heterocycles. The lowest BCUT2D eigenvalue weighted by atomic mass is 10.4. The molecule has 2 N–H and O–H groups in total. The number of nitrogens with zero attached hydrogens (tertiary/aromatic N) is 5. The summed E-state index contributed by atoms with van der Waals surface area (Å²) < 4.78 is 0. The Morgan fingerprint density at radius 3 is 2.71 bits per heavy atom. The Morgan fingerprint density at radius 1 is 1.21 bits per heavy atom. The van der Waals surface area contributed by atoms with Crippen LogP contribution in [0.4, 0.5) is 5.95 Å². The number of nitrogen functional groups attached to an aromatic ring is 1. The lowest BCUT2D eigenvalue weighted by Gasteiger charge is -2.00. The number of nitrogens with two attached hydrogens (primary N) is 1. The van der Waals surface area contributed by atoms with Crippen molar-refractivity contribution in [2.24, 2.45) is 0 Å². The predicted molar refractivity (Wildman–Crippen MR) is 50.0 cm³/mol. The molecule has 2 heterocycles. The minimum atomic E-state index is 0.200. The summed E-state index contributed by atoms with van der Waals surface area (Å²) in [7, 11) is 0. The van der Waals surface area contributed by atoms with Crippen LogP contribution in [0.5, 0.6) is 0 Å². The summed E-state index contributed by atoms with van der Waals surface area (Å²) in [4.78, 5) is 19.8. The van der Waals surface area contributed by atoms with E-state index >= 15 is 0 Å². The van der Waals surface area contributed by atoms with E-state index in [1.807, 2.05) is 0 Å². The summed E-state index contributed by atoms with van der Waals surface area (Å²) >= 11 is 0. The molecule has 14 heavy (non-hydrogen) atoms. The van der Waals surface area contributed by atoms with Crippen LogP contribution in [-0.2, 0) is 0 Å². The van der Waals surface area contributed by atoms with Crippen molar-refractivity contribution >= 4 is 5.95 Å². The maximum absolute atomic E-state index is 5.49. The van der Waals surface area contributed by atoms with Gasteiger partial charge in [0.05, 0.1) is 0 Å². The van der Waals surface area contributed by atoms with Gasteiger partial charge in [-0.3, -0.25) is 0 Å². The second-order valence-corrected chi connectivity index (χ2v) is 2.66. The number of aryl methyl sites for hydroxylation is 1. The molecule has 0 aliphatic heterocycles. The predicted octanol–water partition coefficient (Wildman–Crippen LogP) is 0.219. The van der Waals surface area contributed by atoms with Crippen LogP contribution in [0.25, 0.3) is 11.5 Å². The Labute approximate surface area is 80.3 Å². The number of hydrogen-bond acceptors (Lipinski definition) is 6. The lowest BCUT2D eigenvalue weighted by Crippen LogP contribution is -2.02. The molecule has 0 spiro atoms. The van der Waals surface area contributed by atoms with E-state index in [2.05, 4.69) is 24.9 Å². The maximum Gasteiger partial charge on any atom is 0.223 e. The quantitative estimate of drug-likeness (QED) is 0.688. The fraction of sp³-hybridized carbons (Fsp3) is 0.125. The molecule has 2 rings (SSSR count). The van der Waals surface area contributed by atoms with Gasteiger partial charge in [-0.05, 0) is 13.0 Å². The molecule has 0 bridgehead atoms. The lowest BCUT2D eigenvalue weighted by molar-refractivity contribution is 0.983. The highest BCUT2D eigenvalue weighted by atomic mass is 15.1. The van der Waals surface area contributed by atoms with E-state index in [0.717, 1.165) is 0 Å². The fourth-order valence-corrected chi connectivity index (χ4v) is 1.04. The monoisotopic (exact) mass is 188 g/mol. The van der Waals surface area contributed by atoms with Gasteiger partial charge in [0.15, 0.2) is 5.82 Å². The number of rotatable bonds is 1. The second kappa shape index (κ2) is 3.33. The van der Waals surface area contributed by atoms with Crippen LogP contribution in [0.2, 0.25) is 0 Å². The molecule has 0 radical (unpaired) electrons. The van der Waals surface area contributed by atoms with Crippen molar-refractivity contribution in [3.8, 4) is 11.5 Å². The average molecular weight is 188 g/mol. The second-order valence-electron chi connectivity index (χ2n) is 2.66. The highest BCUT2D eigenvalue weighted by molar-refractivity contribution is 5.48. The van der Waals surface area contributed by atoms with Crippen LogP contribution in [0.1, 0.15) is 5.82 Å². The molecule has 0 unspecified atom stereocenters. The molecule has 0 aliphatic rings. The average Bonchev–Trinajstić information content (AvgIpc) is 2.18. The van der Waals surface area contributed by atoms with Crippen molar-refractivity contribution < 1.29 is 0 Å². The van der Waals surface area contributed by atoms with Gasteiger partial charge < -0.3 is 5.73 Å². The van der Waals surface area contributed by atoms with E-state index in [9.17, 15) is 0 Å². The smallest absolute Gasteiger partial charge is 0.223 e. The molecule has 2 aromatic rings. The summed E-state index contributed by atoms with van der Waals surface area (Å²) in [6.45, 7) is 1.75. The third kappa shape index (κ3) is 1.63. The van der Waals surface area contributed by atoms with Crippen molar-refractivity contribution in [1.29, 1.82) is 0 Å². The standard InChI is InChI=1S/C8H8N6/c1-5-12-7(14-8(9)13-5)6-2-3-10-4-11-6/h2-4H,1H3,(H2,9,12,13,14). The molecule has 70 valence electrons. The van der Waals surface area contributed by atoms with Gasteiger partial charge in [-0.15, -0.1) is 0 Å². The van der Waals surface area contributed by atoms with Gasteiger partial charge in [0, 0.05) is 6.20 Å². The molecule has 6 heteroatoms. The highest BCUT2D eigenvalue weighted by Crippen LogP contribution is 2.10. The Morgan fingerprint density at radius 2 is 2.07 bits per heavy atom. The zero-order chi connectivity index (χ0) is 9.97. The largest absolute Gasteiger partial charge is 0.368 e. The van der Waals surface area contributed by atoms with E-state index in [4.69, 9.17) is 5.73 Å². The van der Waals surface area contributed by atoms with Crippen molar-refractivity contribution in [3.63, 3.8) is 0 Å². The number of hydrogen-bond donors (Lipinski definition) is 1. The van der Waals surface area contributed by atoms with E-state index < -0.39 is 0 Å². The summed E-state index contributed by atoms with van der Waals surface area (Å²) in [5, 5.41) is 0. The highest BCUT2D eigenvalue weighted by Gasteiger charge is 2.04. The van der Waals surface area contributed by atoms with Crippen LogP contribution in [0.15, 0.2) is 18.6 Å². The van der Waals surface area contributed by atoms with Crippen molar-refractivity contribution in [2.45, 2.75) is 6.92 Å². The number of aromatic nitrogens is 5. The first-order valence-corrected chi connectivity index (χ1v) is 4.00.